The third-order valence-electron chi connectivity index (χ3n) is 3.80. The molecule has 0 radical (unpaired) electrons. The summed E-state index contributed by atoms with van der Waals surface area (Å²) in [7, 11) is 1.41. The molecule has 1 heterocycles. The molecule has 1 aliphatic heterocycles. The number of rotatable bonds is 3. The van der Waals surface area contributed by atoms with Crippen LogP contribution in [0.4, 0.5) is 4.79 Å². The van der Waals surface area contributed by atoms with E-state index in [9.17, 15) is 14.7 Å². The Kier molecular flexibility index (Phi) is 5.53. The fourth-order valence-corrected chi connectivity index (χ4v) is 2.51. The molecule has 0 aromatic heterocycles. The molecule has 0 atom stereocenters. The molecule has 24 heavy (non-hydrogen) atoms. The number of benzene rings is 1. The van der Waals surface area contributed by atoms with Crippen LogP contribution in [-0.2, 0) is 4.74 Å². The number of phenols is 1. The van der Waals surface area contributed by atoms with Crippen molar-refractivity contribution in [1.82, 2.24) is 9.80 Å². The average molecular weight is 332 g/mol. The Morgan fingerprint density at radius 3 is 2.42 bits per heavy atom. The topological polar surface area (TPSA) is 79.3 Å². The number of terminal acetylenes is 1. The molecule has 1 saturated heterocycles. The van der Waals surface area contributed by atoms with E-state index in [0.717, 1.165) is 0 Å². The number of amides is 2. The zero-order valence-corrected chi connectivity index (χ0v) is 13.7. The molecule has 2 rings (SSSR count). The van der Waals surface area contributed by atoms with E-state index in [-0.39, 0.29) is 29.1 Å². The molecule has 1 aliphatic rings. The van der Waals surface area contributed by atoms with Crippen LogP contribution >= 0.6 is 0 Å². The fraction of sp³-hybridized carbons (Fsp3) is 0.412. The lowest BCUT2D eigenvalue weighted by atomic mass is 10.0. The minimum absolute atomic E-state index is 0.148. The van der Waals surface area contributed by atoms with E-state index in [4.69, 9.17) is 15.9 Å². The number of methoxy groups -OCH3 is 1. The van der Waals surface area contributed by atoms with Crippen LogP contribution in [0, 0.1) is 12.3 Å². The minimum Gasteiger partial charge on any atom is -0.504 e. The Hall–Kier alpha value is -2.88. The normalized spacial score (nSPS) is 14.0. The minimum atomic E-state index is -0.379. The van der Waals surface area contributed by atoms with Gasteiger partial charge >= 0.3 is 6.09 Å². The molecular weight excluding hydrogens is 312 g/mol. The highest BCUT2D eigenvalue weighted by molar-refractivity contribution is 5.97. The van der Waals surface area contributed by atoms with Crippen LogP contribution in [0.2, 0.25) is 0 Å². The zero-order chi connectivity index (χ0) is 17.7. The Morgan fingerprint density at radius 2 is 1.88 bits per heavy atom. The number of hydrogen-bond donors (Lipinski definition) is 1. The highest BCUT2D eigenvalue weighted by Crippen LogP contribution is 2.30. The van der Waals surface area contributed by atoms with Crippen LogP contribution in [0.5, 0.6) is 11.5 Å². The van der Waals surface area contributed by atoms with E-state index in [2.05, 4.69) is 5.92 Å². The standard InChI is InChI=1S/C17H20N2O5/c1-4-12-10-15(23-3)14(20)11-13(12)16(21)18-6-8-19(9-7-18)17(22)24-5-2/h1,10-11,20H,5-9H2,2-3H3. The van der Waals surface area contributed by atoms with Gasteiger partial charge in [-0.05, 0) is 13.0 Å². The third-order valence-corrected chi connectivity index (χ3v) is 3.80. The molecule has 7 nitrogen and oxygen atoms in total. The maximum absolute atomic E-state index is 12.7. The van der Waals surface area contributed by atoms with Gasteiger partial charge < -0.3 is 24.4 Å². The Bertz CT molecular complexity index is 672. The molecule has 1 aromatic rings. The summed E-state index contributed by atoms with van der Waals surface area (Å²) in [6.45, 7) is 3.57. The Labute approximate surface area is 140 Å². The van der Waals surface area contributed by atoms with Gasteiger partial charge in [0.15, 0.2) is 11.5 Å². The molecule has 0 bridgehead atoms. The first-order valence-corrected chi connectivity index (χ1v) is 7.60. The summed E-state index contributed by atoms with van der Waals surface area (Å²) < 4.78 is 9.95. The highest BCUT2D eigenvalue weighted by Gasteiger charge is 2.27. The molecular formula is C17H20N2O5. The second kappa shape index (κ2) is 7.59. The SMILES string of the molecule is C#Cc1cc(OC)c(O)cc1C(=O)N1CCN(C(=O)OCC)CC1. The maximum atomic E-state index is 12.7. The van der Waals surface area contributed by atoms with Gasteiger partial charge in [-0.3, -0.25) is 4.79 Å². The van der Waals surface area contributed by atoms with Gasteiger partial charge in [0.2, 0.25) is 0 Å². The summed E-state index contributed by atoms with van der Waals surface area (Å²) in [5.41, 5.74) is 0.586. The van der Waals surface area contributed by atoms with Crippen molar-refractivity contribution in [2.45, 2.75) is 6.92 Å². The van der Waals surface area contributed by atoms with E-state index in [1.165, 1.54) is 19.2 Å². The molecule has 1 fully saturated rings. The molecule has 0 saturated carbocycles. The summed E-state index contributed by atoms with van der Waals surface area (Å²) in [6.07, 6.45) is 5.08. The zero-order valence-electron chi connectivity index (χ0n) is 13.7. The van der Waals surface area contributed by atoms with Crippen molar-refractivity contribution in [3.63, 3.8) is 0 Å². The number of piperazine rings is 1. The van der Waals surface area contributed by atoms with E-state index in [1.54, 1.807) is 16.7 Å². The average Bonchev–Trinajstić information content (AvgIpc) is 2.61. The van der Waals surface area contributed by atoms with Gasteiger partial charge in [0.25, 0.3) is 5.91 Å². The molecule has 0 aliphatic carbocycles. The highest BCUT2D eigenvalue weighted by atomic mass is 16.6. The van der Waals surface area contributed by atoms with Gasteiger partial charge in [-0.15, -0.1) is 6.42 Å². The first-order chi connectivity index (χ1) is 11.5. The van der Waals surface area contributed by atoms with Gasteiger partial charge in [0.1, 0.15) is 0 Å². The van der Waals surface area contributed by atoms with Crippen molar-refractivity contribution in [3.05, 3.63) is 23.3 Å². The lowest BCUT2D eigenvalue weighted by molar-refractivity contribution is 0.0570. The van der Waals surface area contributed by atoms with Crippen molar-refractivity contribution in [3.8, 4) is 23.8 Å². The number of aromatic hydroxyl groups is 1. The summed E-state index contributed by atoms with van der Waals surface area (Å²) in [4.78, 5) is 27.5. The number of carbonyl (C=O) groups excluding carboxylic acids is 2. The molecule has 0 spiro atoms. The molecule has 0 unspecified atom stereocenters. The van der Waals surface area contributed by atoms with Crippen LogP contribution in [0.25, 0.3) is 0 Å². The van der Waals surface area contributed by atoms with E-state index < -0.39 is 0 Å². The van der Waals surface area contributed by atoms with Gasteiger partial charge in [-0.2, -0.15) is 0 Å². The smallest absolute Gasteiger partial charge is 0.409 e. The van der Waals surface area contributed by atoms with Crippen LogP contribution in [0.3, 0.4) is 0 Å². The molecule has 1 N–H and O–H groups in total. The van der Waals surface area contributed by atoms with Crippen LogP contribution in [-0.4, -0.2) is 66.8 Å². The van der Waals surface area contributed by atoms with Crippen molar-refractivity contribution in [2.75, 3.05) is 39.9 Å². The lowest BCUT2D eigenvalue weighted by Crippen LogP contribution is -2.50. The molecule has 1 aromatic carbocycles. The maximum Gasteiger partial charge on any atom is 0.409 e. The van der Waals surface area contributed by atoms with E-state index >= 15 is 0 Å². The van der Waals surface area contributed by atoms with Gasteiger partial charge in [-0.25, -0.2) is 4.79 Å². The monoisotopic (exact) mass is 332 g/mol. The van der Waals surface area contributed by atoms with E-state index in [0.29, 0.717) is 38.3 Å². The van der Waals surface area contributed by atoms with Crippen LogP contribution in [0.15, 0.2) is 12.1 Å². The van der Waals surface area contributed by atoms with Crippen molar-refractivity contribution in [2.24, 2.45) is 0 Å². The predicted octanol–water partition coefficient (Wildman–Crippen LogP) is 1.30. The first kappa shape index (κ1) is 17.5. The summed E-state index contributed by atoms with van der Waals surface area (Å²) in [6, 6.07) is 2.77. The second-order valence-corrected chi connectivity index (χ2v) is 5.19. The number of phenolic OH excluding ortho intramolecular Hbond substituents is 1. The summed E-state index contributed by atoms with van der Waals surface area (Å²) in [5.74, 6) is 2.22. The summed E-state index contributed by atoms with van der Waals surface area (Å²) in [5, 5.41) is 9.90. The number of ether oxygens (including phenoxy) is 2. The number of carbonyl (C=O) groups is 2. The predicted molar refractivity (Wildman–Crippen MR) is 87.1 cm³/mol. The second-order valence-electron chi connectivity index (χ2n) is 5.19. The van der Waals surface area contributed by atoms with E-state index in [1.807, 2.05) is 0 Å². The van der Waals surface area contributed by atoms with Crippen molar-refractivity contribution < 1.29 is 24.2 Å². The Balaban J connectivity index is 2.12. The van der Waals surface area contributed by atoms with Crippen molar-refractivity contribution >= 4 is 12.0 Å². The summed E-state index contributed by atoms with van der Waals surface area (Å²) >= 11 is 0. The lowest BCUT2D eigenvalue weighted by Gasteiger charge is -2.34. The van der Waals surface area contributed by atoms with Gasteiger partial charge in [0, 0.05) is 37.8 Å². The molecule has 7 heteroatoms. The van der Waals surface area contributed by atoms with Gasteiger partial charge in [0.05, 0.1) is 19.3 Å². The molecule has 128 valence electrons. The quantitative estimate of drug-likeness (QED) is 0.844. The van der Waals surface area contributed by atoms with Crippen LogP contribution < -0.4 is 4.74 Å². The Morgan fingerprint density at radius 1 is 1.25 bits per heavy atom. The van der Waals surface area contributed by atoms with Crippen LogP contribution in [0.1, 0.15) is 22.8 Å². The first-order valence-electron chi connectivity index (χ1n) is 7.60. The van der Waals surface area contributed by atoms with Gasteiger partial charge in [-0.1, -0.05) is 5.92 Å². The number of nitrogens with zero attached hydrogens (tertiary/aromatic N) is 2. The number of hydrogen-bond acceptors (Lipinski definition) is 5. The fourth-order valence-electron chi connectivity index (χ4n) is 2.51. The largest absolute Gasteiger partial charge is 0.504 e. The third kappa shape index (κ3) is 3.54. The van der Waals surface area contributed by atoms with Crippen molar-refractivity contribution in [1.29, 1.82) is 0 Å². The molecule has 2 amide bonds.